The van der Waals surface area contributed by atoms with Gasteiger partial charge in [0.2, 0.25) is 15.9 Å². The summed E-state index contributed by atoms with van der Waals surface area (Å²) in [6.07, 6.45) is 1.17. The normalized spacial score (nSPS) is 17.9. The number of halogens is 1. The van der Waals surface area contributed by atoms with Crippen molar-refractivity contribution in [3.05, 3.63) is 59.1 Å². The van der Waals surface area contributed by atoms with Crippen molar-refractivity contribution in [2.75, 3.05) is 18.4 Å². The summed E-state index contributed by atoms with van der Waals surface area (Å²) in [5, 5.41) is 3.24. The Labute approximate surface area is 169 Å². The predicted octanol–water partition coefficient (Wildman–Crippen LogP) is 3.58. The standard InChI is InChI=1S/C20H21ClN2O4S/c1-14(24)18-6-2-3-7-19(18)22-20(25)15-5-4-12-23(13-15)28(26,27)17-10-8-16(21)9-11-17/h2-3,6-11,15H,4-5,12-13H2,1H3,(H,22,25)/t15-/m0/s1. The van der Waals surface area contributed by atoms with Crippen LogP contribution < -0.4 is 5.32 Å². The van der Waals surface area contributed by atoms with Crippen LogP contribution in [0.15, 0.2) is 53.4 Å². The van der Waals surface area contributed by atoms with Crippen molar-refractivity contribution in [1.82, 2.24) is 4.31 Å². The van der Waals surface area contributed by atoms with Crippen LogP contribution in [0.4, 0.5) is 5.69 Å². The molecular weight excluding hydrogens is 400 g/mol. The molecule has 0 unspecified atom stereocenters. The number of rotatable bonds is 5. The second-order valence-electron chi connectivity index (χ2n) is 6.75. The Morgan fingerprint density at radius 1 is 1.11 bits per heavy atom. The Hall–Kier alpha value is -2.22. The number of sulfonamides is 1. The van der Waals surface area contributed by atoms with Crippen LogP contribution in [0.2, 0.25) is 5.02 Å². The number of Topliss-reactive ketones (excluding diaryl/α,β-unsaturated/α-hetero) is 1. The van der Waals surface area contributed by atoms with Gasteiger partial charge in [-0.2, -0.15) is 4.31 Å². The van der Waals surface area contributed by atoms with E-state index in [1.807, 2.05) is 0 Å². The van der Waals surface area contributed by atoms with Gasteiger partial charge in [-0.25, -0.2) is 8.42 Å². The lowest BCUT2D eigenvalue weighted by atomic mass is 9.98. The minimum absolute atomic E-state index is 0.0963. The van der Waals surface area contributed by atoms with Crippen molar-refractivity contribution in [3.8, 4) is 0 Å². The first-order valence-corrected chi connectivity index (χ1v) is 10.8. The molecule has 0 saturated carbocycles. The Bertz CT molecular complexity index is 990. The molecule has 1 aliphatic rings. The summed E-state index contributed by atoms with van der Waals surface area (Å²) in [5.41, 5.74) is 0.870. The van der Waals surface area contributed by atoms with Crippen LogP contribution in [-0.4, -0.2) is 37.5 Å². The van der Waals surface area contributed by atoms with Gasteiger partial charge in [-0.05, 0) is 56.2 Å². The van der Waals surface area contributed by atoms with E-state index in [2.05, 4.69) is 5.32 Å². The molecule has 1 heterocycles. The van der Waals surface area contributed by atoms with Crippen LogP contribution in [0.5, 0.6) is 0 Å². The van der Waals surface area contributed by atoms with Crippen LogP contribution >= 0.6 is 11.6 Å². The number of carbonyl (C=O) groups excluding carboxylic acids is 2. The molecule has 148 valence electrons. The summed E-state index contributed by atoms with van der Waals surface area (Å²) in [6, 6.07) is 12.8. The smallest absolute Gasteiger partial charge is 0.243 e. The number of benzene rings is 2. The lowest BCUT2D eigenvalue weighted by Crippen LogP contribution is -2.43. The third kappa shape index (κ3) is 4.43. The van der Waals surface area contributed by atoms with E-state index in [-0.39, 0.29) is 23.1 Å². The zero-order chi connectivity index (χ0) is 20.3. The van der Waals surface area contributed by atoms with Gasteiger partial charge in [0, 0.05) is 23.7 Å². The molecule has 28 heavy (non-hydrogen) atoms. The van der Waals surface area contributed by atoms with Gasteiger partial charge in [0.25, 0.3) is 0 Å². The van der Waals surface area contributed by atoms with E-state index in [1.165, 1.54) is 35.5 Å². The second-order valence-corrected chi connectivity index (χ2v) is 9.12. The summed E-state index contributed by atoms with van der Waals surface area (Å²) < 4.78 is 27.1. The van der Waals surface area contributed by atoms with E-state index in [9.17, 15) is 18.0 Å². The Balaban J connectivity index is 1.75. The molecule has 0 bridgehead atoms. The third-order valence-electron chi connectivity index (χ3n) is 4.77. The zero-order valence-corrected chi connectivity index (χ0v) is 17.0. The third-order valence-corrected chi connectivity index (χ3v) is 6.90. The predicted molar refractivity (Wildman–Crippen MR) is 108 cm³/mol. The Kier molecular flexibility index (Phi) is 6.17. The molecule has 3 rings (SSSR count). The second kappa shape index (κ2) is 8.43. The van der Waals surface area contributed by atoms with E-state index in [0.29, 0.717) is 35.7 Å². The minimum Gasteiger partial charge on any atom is -0.325 e. The quantitative estimate of drug-likeness (QED) is 0.749. The highest BCUT2D eigenvalue weighted by atomic mass is 35.5. The van der Waals surface area contributed by atoms with Gasteiger partial charge in [0.05, 0.1) is 16.5 Å². The molecule has 8 heteroatoms. The van der Waals surface area contributed by atoms with Crippen LogP contribution in [0.3, 0.4) is 0 Å². The molecule has 1 fully saturated rings. The molecule has 1 saturated heterocycles. The number of hydrogen-bond donors (Lipinski definition) is 1. The highest BCUT2D eigenvalue weighted by Crippen LogP contribution is 2.26. The van der Waals surface area contributed by atoms with Crippen molar-refractivity contribution >= 4 is 39.0 Å². The number of ketones is 1. The largest absolute Gasteiger partial charge is 0.325 e. The Morgan fingerprint density at radius 3 is 2.46 bits per heavy atom. The van der Waals surface area contributed by atoms with E-state index >= 15 is 0 Å². The summed E-state index contributed by atoms with van der Waals surface area (Å²) in [6.45, 7) is 1.89. The average Bonchev–Trinajstić information content (AvgIpc) is 2.68. The van der Waals surface area contributed by atoms with E-state index in [4.69, 9.17) is 11.6 Å². The molecule has 0 radical (unpaired) electrons. The lowest BCUT2D eigenvalue weighted by molar-refractivity contribution is -0.120. The van der Waals surface area contributed by atoms with Gasteiger partial charge < -0.3 is 5.32 Å². The molecule has 6 nitrogen and oxygen atoms in total. The SMILES string of the molecule is CC(=O)c1ccccc1NC(=O)[C@H]1CCCN(S(=O)(=O)c2ccc(Cl)cc2)C1. The number of anilines is 1. The van der Waals surface area contributed by atoms with Crippen molar-refractivity contribution in [3.63, 3.8) is 0 Å². The molecule has 2 aromatic carbocycles. The van der Waals surface area contributed by atoms with Crippen LogP contribution in [0, 0.1) is 5.92 Å². The molecule has 1 amide bonds. The summed E-state index contributed by atoms with van der Waals surface area (Å²) in [5.74, 6) is -0.924. The maximum Gasteiger partial charge on any atom is 0.243 e. The molecule has 1 aliphatic heterocycles. The molecule has 1 N–H and O–H groups in total. The fourth-order valence-corrected chi connectivity index (χ4v) is 4.91. The van der Waals surface area contributed by atoms with Gasteiger partial charge in [0.15, 0.2) is 5.78 Å². The number of carbonyl (C=O) groups is 2. The molecule has 2 aromatic rings. The fourth-order valence-electron chi connectivity index (χ4n) is 3.26. The van der Waals surface area contributed by atoms with Gasteiger partial charge in [-0.1, -0.05) is 23.7 Å². The zero-order valence-electron chi connectivity index (χ0n) is 15.4. The lowest BCUT2D eigenvalue weighted by Gasteiger charge is -2.31. The van der Waals surface area contributed by atoms with E-state index in [1.54, 1.807) is 24.3 Å². The first kappa shape index (κ1) is 20.5. The molecule has 0 spiro atoms. The highest BCUT2D eigenvalue weighted by Gasteiger charge is 2.33. The van der Waals surface area contributed by atoms with Gasteiger partial charge in [-0.15, -0.1) is 0 Å². The molecule has 1 atom stereocenters. The number of piperidine rings is 1. The average molecular weight is 421 g/mol. The van der Waals surface area contributed by atoms with Crippen molar-refractivity contribution in [1.29, 1.82) is 0 Å². The van der Waals surface area contributed by atoms with Crippen LogP contribution in [0.25, 0.3) is 0 Å². The van der Waals surface area contributed by atoms with Gasteiger partial charge >= 0.3 is 0 Å². The van der Waals surface area contributed by atoms with Gasteiger partial charge in [-0.3, -0.25) is 9.59 Å². The first-order valence-electron chi connectivity index (χ1n) is 8.95. The number of nitrogens with one attached hydrogen (secondary N) is 1. The number of para-hydroxylation sites is 1. The number of nitrogens with zero attached hydrogens (tertiary/aromatic N) is 1. The minimum atomic E-state index is -3.70. The first-order chi connectivity index (χ1) is 13.3. The summed E-state index contributed by atoms with van der Waals surface area (Å²) >= 11 is 5.84. The van der Waals surface area contributed by atoms with Crippen molar-refractivity contribution in [2.24, 2.45) is 5.92 Å². The summed E-state index contributed by atoms with van der Waals surface area (Å²) in [4.78, 5) is 24.6. The summed E-state index contributed by atoms with van der Waals surface area (Å²) in [7, 11) is -3.70. The van der Waals surface area contributed by atoms with Gasteiger partial charge in [0.1, 0.15) is 0 Å². The Morgan fingerprint density at radius 2 is 1.79 bits per heavy atom. The van der Waals surface area contributed by atoms with Crippen LogP contribution in [0.1, 0.15) is 30.1 Å². The van der Waals surface area contributed by atoms with E-state index in [0.717, 1.165) is 0 Å². The van der Waals surface area contributed by atoms with Crippen molar-refractivity contribution in [2.45, 2.75) is 24.7 Å². The topological polar surface area (TPSA) is 83.6 Å². The maximum atomic E-state index is 12.9. The highest BCUT2D eigenvalue weighted by molar-refractivity contribution is 7.89. The van der Waals surface area contributed by atoms with Crippen molar-refractivity contribution < 1.29 is 18.0 Å². The molecule has 0 aromatic heterocycles. The van der Waals surface area contributed by atoms with Crippen LogP contribution in [-0.2, 0) is 14.8 Å². The number of hydrogen-bond acceptors (Lipinski definition) is 4. The molecule has 0 aliphatic carbocycles. The fraction of sp³-hybridized carbons (Fsp3) is 0.300. The molecular formula is C20H21ClN2O4S. The maximum absolute atomic E-state index is 12.9. The van der Waals surface area contributed by atoms with E-state index < -0.39 is 15.9 Å². The monoisotopic (exact) mass is 420 g/mol. The number of amides is 1.